The number of amides is 1. The van der Waals surface area contributed by atoms with E-state index < -0.39 is 0 Å². The van der Waals surface area contributed by atoms with Gasteiger partial charge in [0.1, 0.15) is 0 Å². The highest BCUT2D eigenvalue weighted by Crippen LogP contribution is 2.22. The van der Waals surface area contributed by atoms with Gasteiger partial charge in [0.15, 0.2) is 0 Å². The molecule has 5 heteroatoms. The Morgan fingerprint density at radius 3 is 2.65 bits per heavy atom. The van der Waals surface area contributed by atoms with Gasteiger partial charge in [-0.25, -0.2) is 0 Å². The summed E-state index contributed by atoms with van der Waals surface area (Å²) < 4.78 is 0. The summed E-state index contributed by atoms with van der Waals surface area (Å²) in [6.07, 6.45) is 1.81. The Hall–Kier alpha value is -0.250. The summed E-state index contributed by atoms with van der Waals surface area (Å²) in [5, 5.41) is 4.68. The molecule has 0 aliphatic carbocycles. The lowest BCUT2D eigenvalue weighted by atomic mass is 10.1. The molecule has 94 valence electrons. The number of benzene rings is 1. The first-order valence-electron chi connectivity index (χ1n) is 5.40. The highest BCUT2D eigenvalue weighted by Gasteiger charge is 2.12. The van der Waals surface area contributed by atoms with Crippen LogP contribution in [0.15, 0.2) is 18.2 Å². The Morgan fingerprint density at radius 2 is 2.12 bits per heavy atom. The number of hydrogen-bond donors (Lipinski definition) is 1. The Labute approximate surface area is 120 Å². The largest absolute Gasteiger partial charge is 0.349 e. The van der Waals surface area contributed by atoms with Crippen LogP contribution in [0.4, 0.5) is 0 Å². The predicted octanol–water partition coefficient (Wildman–Crippen LogP) is 4.29. The van der Waals surface area contributed by atoms with E-state index in [1.54, 1.807) is 18.2 Å². The van der Waals surface area contributed by atoms with Crippen molar-refractivity contribution in [3.8, 4) is 0 Å². The van der Waals surface area contributed by atoms with Gasteiger partial charge in [0, 0.05) is 16.9 Å². The second-order valence-corrected chi connectivity index (χ2v) is 5.29. The molecule has 2 nitrogen and oxygen atoms in total. The minimum Gasteiger partial charge on any atom is -0.349 e. The van der Waals surface area contributed by atoms with Crippen LogP contribution in [0, 0.1) is 0 Å². The zero-order valence-electron chi connectivity index (χ0n) is 9.47. The predicted molar refractivity (Wildman–Crippen MR) is 76.4 cm³/mol. The van der Waals surface area contributed by atoms with Gasteiger partial charge in [-0.1, -0.05) is 46.1 Å². The van der Waals surface area contributed by atoms with Crippen molar-refractivity contribution in [2.45, 2.75) is 25.8 Å². The van der Waals surface area contributed by atoms with Gasteiger partial charge in [0.2, 0.25) is 0 Å². The van der Waals surface area contributed by atoms with E-state index in [1.165, 1.54) is 0 Å². The van der Waals surface area contributed by atoms with Crippen LogP contribution < -0.4 is 5.32 Å². The van der Waals surface area contributed by atoms with Crippen molar-refractivity contribution in [1.82, 2.24) is 5.32 Å². The summed E-state index contributed by atoms with van der Waals surface area (Å²) in [6.45, 7) is 2.04. The molecule has 1 amide bonds. The molecule has 0 aromatic heterocycles. The quantitative estimate of drug-likeness (QED) is 0.797. The van der Waals surface area contributed by atoms with Gasteiger partial charge in [0.25, 0.3) is 5.91 Å². The molecule has 1 atom stereocenters. The van der Waals surface area contributed by atoms with Crippen LogP contribution in [-0.4, -0.2) is 17.3 Å². The minimum absolute atomic E-state index is 0.114. The van der Waals surface area contributed by atoms with E-state index in [-0.39, 0.29) is 11.9 Å². The van der Waals surface area contributed by atoms with Crippen molar-refractivity contribution < 1.29 is 4.79 Å². The summed E-state index contributed by atoms with van der Waals surface area (Å²) in [5.74, 6) is -0.114. The third kappa shape index (κ3) is 4.49. The number of rotatable bonds is 5. The standard InChI is InChI=1S/C12H14BrCl2NO/c1-2-9(5-6-13)16-12(17)8-3-4-10(14)11(15)7-8/h3-4,7,9H,2,5-6H2,1H3,(H,16,17). The molecular weight excluding hydrogens is 325 g/mol. The van der Waals surface area contributed by atoms with Crippen molar-refractivity contribution in [3.05, 3.63) is 33.8 Å². The van der Waals surface area contributed by atoms with Gasteiger partial charge in [-0.05, 0) is 31.0 Å². The molecule has 0 bridgehead atoms. The number of carbonyl (C=O) groups is 1. The minimum atomic E-state index is -0.114. The van der Waals surface area contributed by atoms with Gasteiger partial charge < -0.3 is 5.32 Å². The van der Waals surface area contributed by atoms with Crippen molar-refractivity contribution in [2.24, 2.45) is 0 Å². The summed E-state index contributed by atoms with van der Waals surface area (Å²) >= 11 is 15.0. The molecule has 1 unspecified atom stereocenters. The Kier molecular flexibility index (Phi) is 6.31. The van der Waals surface area contributed by atoms with Crippen molar-refractivity contribution in [1.29, 1.82) is 0 Å². The van der Waals surface area contributed by atoms with Gasteiger partial charge in [-0.3, -0.25) is 4.79 Å². The molecule has 0 aliphatic rings. The first-order valence-corrected chi connectivity index (χ1v) is 7.28. The summed E-state index contributed by atoms with van der Waals surface area (Å²) in [4.78, 5) is 11.9. The molecule has 0 radical (unpaired) electrons. The topological polar surface area (TPSA) is 29.1 Å². The van der Waals surface area contributed by atoms with Crippen LogP contribution in [-0.2, 0) is 0 Å². The fourth-order valence-corrected chi connectivity index (χ4v) is 2.27. The Bertz CT molecular complexity index is 398. The van der Waals surface area contributed by atoms with E-state index in [0.29, 0.717) is 15.6 Å². The van der Waals surface area contributed by atoms with E-state index in [9.17, 15) is 4.79 Å². The third-order valence-electron chi connectivity index (χ3n) is 2.47. The molecule has 17 heavy (non-hydrogen) atoms. The Balaban J connectivity index is 2.72. The molecule has 0 fully saturated rings. The first-order chi connectivity index (χ1) is 8.08. The zero-order chi connectivity index (χ0) is 12.8. The van der Waals surface area contributed by atoms with E-state index in [2.05, 4.69) is 21.2 Å². The molecular formula is C12H14BrCl2NO. The second kappa shape index (κ2) is 7.24. The lowest BCUT2D eigenvalue weighted by Crippen LogP contribution is -2.34. The van der Waals surface area contributed by atoms with E-state index in [4.69, 9.17) is 23.2 Å². The lowest BCUT2D eigenvalue weighted by molar-refractivity contribution is 0.0935. The lowest BCUT2D eigenvalue weighted by Gasteiger charge is -2.15. The molecule has 1 N–H and O–H groups in total. The van der Waals surface area contributed by atoms with Gasteiger partial charge in [0.05, 0.1) is 10.0 Å². The molecule has 1 aromatic carbocycles. The highest BCUT2D eigenvalue weighted by molar-refractivity contribution is 9.09. The van der Waals surface area contributed by atoms with Crippen LogP contribution in [0.25, 0.3) is 0 Å². The zero-order valence-corrected chi connectivity index (χ0v) is 12.6. The van der Waals surface area contributed by atoms with Crippen LogP contribution in [0.3, 0.4) is 0 Å². The number of halogens is 3. The summed E-state index contributed by atoms with van der Waals surface area (Å²) in [7, 11) is 0. The monoisotopic (exact) mass is 337 g/mol. The molecule has 0 heterocycles. The third-order valence-corrected chi connectivity index (χ3v) is 3.66. The van der Waals surface area contributed by atoms with Gasteiger partial charge in [-0.15, -0.1) is 0 Å². The average Bonchev–Trinajstić information content (AvgIpc) is 2.31. The Morgan fingerprint density at radius 1 is 1.41 bits per heavy atom. The molecule has 0 spiro atoms. The van der Waals surface area contributed by atoms with Crippen LogP contribution in [0.2, 0.25) is 10.0 Å². The van der Waals surface area contributed by atoms with Crippen molar-refractivity contribution in [3.63, 3.8) is 0 Å². The summed E-state index contributed by atoms with van der Waals surface area (Å²) in [6, 6.07) is 5.06. The van der Waals surface area contributed by atoms with Crippen LogP contribution >= 0.6 is 39.1 Å². The SMILES string of the molecule is CCC(CCBr)NC(=O)c1ccc(Cl)c(Cl)c1. The smallest absolute Gasteiger partial charge is 0.251 e. The van der Waals surface area contributed by atoms with E-state index in [0.717, 1.165) is 18.2 Å². The maximum atomic E-state index is 11.9. The maximum Gasteiger partial charge on any atom is 0.251 e. The molecule has 1 rings (SSSR count). The number of nitrogens with one attached hydrogen (secondary N) is 1. The fourth-order valence-electron chi connectivity index (χ4n) is 1.42. The van der Waals surface area contributed by atoms with Crippen molar-refractivity contribution >= 4 is 45.0 Å². The van der Waals surface area contributed by atoms with Crippen LogP contribution in [0.1, 0.15) is 30.1 Å². The van der Waals surface area contributed by atoms with Gasteiger partial charge >= 0.3 is 0 Å². The van der Waals surface area contributed by atoms with Crippen molar-refractivity contribution in [2.75, 3.05) is 5.33 Å². The van der Waals surface area contributed by atoms with E-state index >= 15 is 0 Å². The van der Waals surface area contributed by atoms with E-state index in [1.807, 2.05) is 6.92 Å². The molecule has 0 saturated carbocycles. The first kappa shape index (κ1) is 14.8. The summed E-state index contributed by atoms with van der Waals surface area (Å²) in [5.41, 5.74) is 0.535. The number of hydrogen-bond acceptors (Lipinski definition) is 1. The number of alkyl halides is 1. The normalized spacial score (nSPS) is 12.2. The molecule has 1 aromatic rings. The second-order valence-electron chi connectivity index (χ2n) is 3.69. The van der Waals surface area contributed by atoms with Gasteiger partial charge in [-0.2, -0.15) is 0 Å². The maximum absolute atomic E-state index is 11.9. The highest BCUT2D eigenvalue weighted by atomic mass is 79.9. The average molecular weight is 339 g/mol. The molecule has 0 saturated heterocycles. The molecule has 0 aliphatic heterocycles. The fraction of sp³-hybridized carbons (Fsp3) is 0.417. The number of carbonyl (C=O) groups excluding carboxylic acids is 1. The van der Waals surface area contributed by atoms with Crippen LogP contribution in [0.5, 0.6) is 0 Å².